The highest BCUT2D eigenvalue weighted by Gasteiger charge is 2.10. The van der Waals surface area contributed by atoms with Crippen molar-refractivity contribution in [1.29, 1.82) is 5.26 Å². The predicted molar refractivity (Wildman–Crippen MR) is 58.6 cm³/mol. The first-order chi connectivity index (χ1) is 7.20. The van der Waals surface area contributed by atoms with E-state index in [0.717, 1.165) is 17.0 Å². The van der Waals surface area contributed by atoms with Crippen LogP contribution in [0.4, 0.5) is 0 Å². The lowest BCUT2D eigenvalue weighted by Gasteiger charge is -2.05. The van der Waals surface area contributed by atoms with Gasteiger partial charge in [-0.3, -0.25) is 0 Å². The Labute approximate surface area is 93.3 Å². The van der Waals surface area contributed by atoms with Gasteiger partial charge in [0, 0.05) is 12.4 Å². The zero-order valence-corrected chi connectivity index (χ0v) is 9.63. The number of rotatable bonds is 4. The van der Waals surface area contributed by atoms with Gasteiger partial charge in [0.1, 0.15) is 11.1 Å². The van der Waals surface area contributed by atoms with Crippen LogP contribution in [-0.2, 0) is 0 Å². The number of aliphatic hydroxyl groups is 1. The van der Waals surface area contributed by atoms with Crippen LogP contribution in [0.2, 0.25) is 0 Å². The average molecular weight is 223 g/mol. The van der Waals surface area contributed by atoms with Crippen molar-refractivity contribution in [2.24, 2.45) is 0 Å². The lowest BCUT2D eigenvalue weighted by Crippen LogP contribution is -1.99. The highest BCUT2D eigenvalue weighted by Crippen LogP contribution is 2.23. The van der Waals surface area contributed by atoms with Crippen molar-refractivity contribution in [3.63, 3.8) is 0 Å². The summed E-state index contributed by atoms with van der Waals surface area (Å²) in [5.74, 6) is 0.752. The average Bonchev–Trinajstić information content (AvgIpc) is 2.24. The van der Waals surface area contributed by atoms with Crippen LogP contribution >= 0.6 is 11.8 Å². The topological polar surface area (TPSA) is 69.8 Å². The second-order valence-electron chi connectivity index (χ2n) is 3.13. The molecule has 1 aromatic heterocycles. The van der Waals surface area contributed by atoms with Gasteiger partial charge in [0.2, 0.25) is 0 Å². The number of aliphatic hydroxyl groups excluding tert-OH is 1. The maximum atomic E-state index is 9.00. The minimum absolute atomic E-state index is 0.160. The molecule has 0 saturated carbocycles. The third kappa shape index (κ3) is 2.91. The molecule has 0 radical (unpaired) electrons. The van der Waals surface area contributed by atoms with Crippen molar-refractivity contribution < 1.29 is 5.11 Å². The van der Waals surface area contributed by atoms with Gasteiger partial charge in [-0.15, -0.1) is 16.9 Å². The Morgan fingerprint density at radius 2 is 2.13 bits per heavy atom. The zero-order chi connectivity index (χ0) is 11.3. The fourth-order valence-corrected chi connectivity index (χ4v) is 1.96. The predicted octanol–water partition coefficient (Wildman–Crippen LogP) is 1.44. The maximum Gasteiger partial charge on any atom is 0.137 e. The lowest BCUT2D eigenvalue weighted by atomic mass is 10.1. The van der Waals surface area contributed by atoms with E-state index in [1.165, 1.54) is 11.8 Å². The first kappa shape index (κ1) is 12.0. The second kappa shape index (κ2) is 5.69. The summed E-state index contributed by atoms with van der Waals surface area (Å²) in [6, 6.07) is 2.15. The summed E-state index contributed by atoms with van der Waals surface area (Å²) in [7, 11) is 0. The fraction of sp³-hybridized carbons (Fsp3) is 0.500. The molecular weight excluding hydrogens is 210 g/mol. The second-order valence-corrected chi connectivity index (χ2v) is 4.21. The van der Waals surface area contributed by atoms with Crippen molar-refractivity contribution in [3.8, 4) is 6.07 Å². The van der Waals surface area contributed by atoms with E-state index in [9.17, 15) is 0 Å². The van der Waals surface area contributed by atoms with E-state index in [2.05, 4.69) is 16.3 Å². The first-order valence-electron chi connectivity index (χ1n) is 4.68. The summed E-state index contributed by atoms with van der Waals surface area (Å²) < 4.78 is 0. The molecule has 0 atom stereocenters. The van der Waals surface area contributed by atoms with Gasteiger partial charge in [0.05, 0.1) is 11.3 Å². The van der Waals surface area contributed by atoms with Crippen LogP contribution < -0.4 is 0 Å². The molecule has 4 nitrogen and oxygen atoms in total. The molecule has 0 aliphatic rings. The molecule has 1 heterocycles. The van der Waals surface area contributed by atoms with Crippen LogP contribution in [0.25, 0.3) is 0 Å². The van der Waals surface area contributed by atoms with Crippen LogP contribution in [0.15, 0.2) is 5.03 Å². The Hall–Kier alpha value is -1.12. The molecule has 1 rings (SSSR count). The minimum Gasteiger partial charge on any atom is -0.396 e. The van der Waals surface area contributed by atoms with E-state index < -0.39 is 0 Å². The van der Waals surface area contributed by atoms with Gasteiger partial charge in [0.25, 0.3) is 0 Å². The van der Waals surface area contributed by atoms with Gasteiger partial charge in [-0.2, -0.15) is 10.4 Å². The van der Waals surface area contributed by atoms with E-state index >= 15 is 0 Å². The quantitative estimate of drug-likeness (QED) is 0.618. The molecule has 15 heavy (non-hydrogen) atoms. The summed E-state index contributed by atoms with van der Waals surface area (Å²) in [5.41, 5.74) is 2.28. The van der Waals surface area contributed by atoms with E-state index in [1.54, 1.807) is 0 Å². The first-order valence-corrected chi connectivity index (χ1v) is 5.67. The summed E-state index contributed by atoms with van der Waals surface area (Å²) in [4.78, 5) is 0. The number of aromatic nitrogens is 2. The molecule has 1 N–H and O–H groups in total. The third-order valence-corrected chi connectivity index (χ3v) is 3.13. The van der Waals surface area contributed by atoms with Gasteiger partial charge < -0.3 is 5.11 Å². The largest absolute Gasteiger partial charge is 0.396 e. The SMILES string of the molecule is Cc1nnc(SCCCO)c(C#N)c1C. The van der Waals surface area contributed by atoms with Crippen LogP contribution in [0, 0.1) is 25.2 Å². The molecule has 0 fully saturated rings. The Balaban J connectivity index is 2.89. The van der Waals surface area contributed by atoms with E-state index in [1.807, 2.05) is 13.8 Å². The number of nitrogens with zero attached hydrogens (tertiary/aromatic N) is 3. The Morgan fingerprint density at radius 3 is 2.73 bits per heavy atom. The molecule has 0 saturated heterocycles. The smallest absolute Gasteiger partial charge is 0.137 e. The number of nitriles is 1. The van der Waals surface area contributed by atoms with Crippen molar-refractivity contribution >= 4 is 11.8 Å². The summed E-state index contributed by atoms with van der Waals surface area (Å²) in [6.07, 6.45) is 0.699. The molecule has 0 aliphatic carbocycles. The van der Waals surface area contributed by atoms with Crippen LogP contribution in [0.1, 0.15) is 23.2 Å². The summed E-state index contributed by atoms with van der Waals surface area (Å²) in [5, 5.41) is 26.3. The molecule has 0 aliphatic heterocycles. The van der Waals surface area contributed by atoms with Crippen molar-refractivity contribution in [2.75, 3.05) is 12.4 Å². The number of aryl methyl sites for hydroxylation is 1. The standard InChI is InChI=1S/C10H13N3OS/c1-7-8(2)12-13-10(9(7)6-11)15-5-3-4-14/h14H,3-5H2,1-2H3. The van der Waals surface area contributed by atoms with E-state index in [-0.39, 0.29) is 6.61 Å². The summed E-state index contributed by atoms with van der Waals surface area (Å²) in [6.45, 7) is 3.87. The van der Waals surface area contributed by atoms with Gasteiger partial charge in [-0.05, 0) is 25.8 Å². The summed E-state index contributed by atoms with van der Waals surface area (Å²) >= 11 is 1.46. The monoisotopic (exact) mass is 223 g/mol. The number of hydrogen-bond acceptors (Lipinski definition) is 5. The van der Waals surface area contributed by atoms with Crippen LogP contribution in [-0.4, -0.2) is 27.7 Å². The Morgan fingerprint density at radius 1 is 1.40 bits per heavy atom. The van der Waals surface area contributed by atoms with E-state index in [0.29, 0.717) is 17.0 Å². The molecule has 1 aromatic rings. The Kier molecular flexibility index (Phi) is 4.53. The highest BCUT2D eigenvalue weighted by molar-refractivity contribution is 7.99. The van der Waals surface area contributed by atoms with Crippen molar-refractivity contribution in [3.05, 3.63) is 16.8 Å². The van der Waals surface area contributed by atoms with Crippen LogP contribution in [0.5, 0.6) is 0 Å². The van der Waals surface area contributed by atoms with Crippen molar-refractivity contribution in [1.82, 2.24) is 10.2 Å². The number of hydrogen-bond donors (Lipinski definition) is 1. The van der Waals surface area contributed by atoms with Gasteiger partial charge >= 0.3 is 0 Å². The number of thioether (sulfide) groups is 1. The van der Waals surface area contributed by atoms with Gasteiger partial charge in [-0.25, -0.2) is 0 Å². The molecule has 0 spiro atoms. The molecule has 0 bridgehead atoms. The van der Waals surface area contributed by atoms with E-state index in [4.69, 9.17) is 10.4 Å². The molecule has 5 heteroatoms. The molecule has 0 unspecified atom stereocenters. The third-order valence-electron chi connectivity index (χ3n) is 2.08. The van der Waals surface area contributed by atoms with Gasteiger partial charge in [-0.1, -0.05) is 0 Å². The van der Waals surface area contributed by atoms with Crippen LogP contribution in [0.3, 0.4) is 0 Å². The lowest BCUT2D eigenvalue weighted by molar-refractivity contribution is 0.296. The normalized spacial score (nSPS) is 10.0. The molecule has 0 aromatic carbocycles. The molecule has 0 amide bonds. The zero-order valence-electron chi connectivity index (χ0n) is 8.82. The maximum absolute atomic E-state index is 9.00. The highest BCUT2D eigenvalue weighted by atomic mass is 32.2. The molecular formula is C10H13N3OS. The van der Waals surface area contributed by atoms with Gasteiger partial charge in [0.15, 0.2) is 0 Å². The minimum atomic E-state index is 0.160. The Bertz CT molecular complexity index is 387. The fourth-order valence-electron chi connectivity index (χ4n) is 1.05. The van der Waals surface area contributed by atoms with Crippen molar-refractivity contribution in [2.45, 2.75) is 25.3 Å². The molecule has 80 valence electrons.